The summed E-state index contributed by atoms with van der Waals surface area (Å²) in [5, 5.41) is 9.19. The normalized spacial score (nSPS) is 17.1. The Balaban J connectivity index is 4.30. The van der Waals surface area contributed by atoms with Crippen molar-refractivity contribution in [1.82, 2.24) is 0 Å². The molecule has 0 aromatic carbocycles. The number of aliphatic hydroxyl groups is 1. The third-order valence-corrected chi connectivity index (χ3v) is 3.98. The molecule has 0 amide bonds. The van der Waals surface area contributed by atoms with Crippen LogP contribution in [0, 0.1) is 17.8 Å². The molecule has 0 rings (SSSR count). The first-order chi connectivity index (χ1) is 7.71. The van der Waals surface area contributed by atoms with Gasteiger partial charge in [0.25, 0.3) is 0 Å². The first kappa shape index (κ1) is 16.0. The third-order valence-electron chi connectivity index (χ3n) is 3.98. The molecule has 0 saturated carbocycles. The lowest BCUT2D eigenvalue weighted by molar-refractivity contribution is 0.160. The van der Waals surface area contributed by atoms with Crippen LogP contribution in [-0.2, 0) is 0 Å². The summed E-state index contributed by atoms with van der Waals surface area (Å²) in [6, 6.07) is 0. The second-order valence-electron chi connectivity index (χ2n) is 5.25. The Morgan fingerprint density at radius 3 is 2.06 bits per heavy atom. The summed E-state index contributed by atoms with van der Waals surface area (Å²) >= 11 is 0. The molecule has 0 spiro atoms. The first-order valence-electron chi connectivity index (χ1n) is 7.31. The lowest BCUT2D eigenvalue weighted by Crippen LogP contribution is -2.22. The number of hydrogen-bond donors (Lipinski definition) is 1. The van der Waals surface area contributed by atoms with E-state index in [1.165, 1.54) is 38.5 Å². The minimum Gasteiger partial charge on any atom is -0.396 e. The summed E-state index contributed by atoms with van der Waals surface area (Å²) in [7, 11) is 0. The molecule has 1 nitrogen and oxygen atoms in total. The van der Waals surface area contributed by atoms with Gasteiger partial charge in [-0.05, 0) is 24.2 Å². The van der Waals surface area contributed by atoms with Crippen molar-refractivity contribution >= 4 is 0 Å². The lowest BCUT2D eigenvalue weighted by Gasteiger charge is -2.31. The van der Waals surface area contributed by atoms with Crippen molar-refractivity contribution in [3.8, 4) is 0 Å². The van der Waals surface area contributed by atoms with Gasteiger partial charge in [-0.15, -0.1) is 0 Å². The molecule has 98 valence electrons. The molecule has 1 heteroatoms. The fourth-order valence-corrected chi connectivity index (χ4v) is 3.07. The van der Waals surface area contributed by atoms with E-state index in [1.807, 2.05) is 0 Å². The SMILES string of the molecule is CCCCC(CCO)C(CC)C(C)CCC. The zero-order valence-corrected chi connectivity index (χ0v) is 11.8. The summed E-state index contributed by atoms with van der Waals surface area (Å²) < 4.78 is 0. The van der Waals surface area contributed by atoms with Gasteiger partial charge in [0, 0.05) is 6.61 Å². The van der Waals surface area contributed by atoms with Gasteiger partial charge in [-0.25, -0.2) is 0 Å². The molecule has 16 heavy (non-hydrogen) atoms. The highest BCUT2D eigenvalue weighted by atomic mass is 16.3. The Morgan fingerprint density at radius 1 is 0.938 bits per heavy atom. The van der Waals surface area contributed by atoms with Crippen molar-refractivity contribution in [2.75, 3.05) is 6.61 Å². The Bertz CT molecular complexity index is 144. The maximum Gasteiger partial charge on any atom is 0.0433 e. The summed E-state index contributed by atoms with van der Waals surface area (Å²) in [5.41, 5.74) is 0. The number of rotatable bonds is 10. The maximum absolute atomic E-state index is 9.19. The Labute approximate surface area is 103 Å². The Hall–Kier alpha value is -0.0400. The van der Waals surface area contributed by atoms with Crippen molar-refractivity contribution in [3.05, 3.63) is 0 Å². The largest absolute Gasteiger partial charge is 0.396 e. The maximum atomic E-state index is 9.19. The van der Waals surface area contributed by atoms with Crippen LogP contribution in [0.2, 0.25) is 0 Å². The number of aliphatic hydroxyl groups excluding tert-OH is 1. The highest BCUT2D eigenvalue weighted by Gasteiger charge is 2.23. The number of unbranched alkanes of at least 4 members (excludes halogenated alkanes) is 1. The van der Waals surface area contributed by atoms with Crippen LogP contribution in [0.1, 0.15) is 72.6 Å². The molecule has 0 aliphatic heterocycles. The van der Waals surface area contributed by atoms with Gasteiger partial charge in [-0.2, -0.15) is 0 Å². The van der Waals surface area contributed by atoms with Crippen LogP contribution >= 0.6 is 0 Å². The molecular formula is C15H32O. The number of hydrogen-bond acceptors (Lipinski definition) is 1. The van der Waals surface area contributed by atoms with Crippen molar-refractivity contribution in [2.24, 2.45) is 17.8 Å². The van der Waals surface area contributed by atoms with E-state index in [2.05, 4.69) is 27.7 Å². The zero-order valence-electron chi connectivity index (χ0n) is 11.8. The molecule has 0 radical (unpaired) electrons. The molecule has 3 atom stereocenters. The van der Waals surface area contributed by atoms with E-state index in [1.54, 1.807) is 0 Å². The van der Waals surface area contributed by atoms with Crippen LogP contribution < -0.4 is 0 Å². The second kappa shape index (κ2) is 10.1. The van der Waals surface area contributed by atoms with Crippen LogP contribution in [0.15, 0.2) is 0 Å². The molecule has 0 aromatic rings. The van der Waals surface area contributed by atoms with E-state index >= 15 is 0 Å². The van der Waals surface area contributed by atoms with Gasteiger partial charge in [0.05, 0.1) is 0 Å². The monoisotopic (exact) mass is 228 g/mol. The van der Waals surface area contributed by atoms with Crippen molar-refractivity contribution in [1.29, 1.82) is 0 Å². The van der Waals surface area contributed by atoms with Crippen molar-refractivity contribution in [2.45, 2.75) is 72.6 Å². The summed E-state index contributed by atoms with van der Waals surface area (Å²) in [6.45, 7) is 9.60. The molecule has 3 unspecified atom stereocenters. The van der Waals surface area contributed by atoms with Crippen LogP contribution in [0.3, 0.4) is 0 Å². The molecule has 0 aromatic heterocycles. The zero-order chi connectivity index (χ0) is 12.4. The van der Waals surface area contributed by atoms with Gasteiger partial charge >= 0.3 is 0 Å². The average molecular weight is 228 g/mol. The molecule has 0 fully saturated rings. The van der Waals surface area contributed by atoms with E-state index < -0.39 is 0 Å². The molecule has 0 heterocycles. The minimum atomic E-state index is 0.365. The van der Waals surface area contributed by atoms with Crippen LogP contribution in [-0.4, -0.2) is 11.7 Å². The third kappa shape index (κ3) is 5.89. The van der Waals surface area contributed by atoms with Crippen LogP contribution in [0.5, 0.6) is 0 Å². The fourth-order valence-electron chi connectivity index (χ4n) is 3.07. The van der Waals surface area contributed by atoms with E-state index in [-0.39, 0.29) is 0 Å². The molecule has 0 saturated heterocycles. The smallest absolute Gasteiger partial charge is 0.0433 e. The van der Waals surface area contributed by atoms with Crippen molar-refractivity contribution < 1.29 is 5.11 Å². The average Bonchev–Trinajstić information content (AvgIpc) is 2.27. The Kier molecular flexibility index (Phi) is 10.1. The van der Waals surface area contributed by atoms with Crippen LogP contribution in [0.4, 0.5) is 0 Å². The highest BCUT2D eigenvalue weighted by molar-refractivity contribution is 4.74. The standard InChI is InChI=1S/C15H32O/c1-5-8-10-14(11-12-16)15(7-3)13(4)9-6-2/h13-16H,5-12H2,1-4H3. The van der Waals surface area contributed by atoms with E-state index in [9.17, 15) is 5.11 Å². The van der Waals surface area contributed by atoms with Gasteiger partial charge in [-0.1, -0.05) is 66.2 Å². The second-order valence-corrected chi connectivity index (χ2v) is 5.25. The Morgan fingerprint density at radius 2 is 1.62 bits per heavy atom. The first-order valence-corrected chi connectivity index (χ1v) is 7.31. The summed E-state index contributed by atoms with van der Waals surface area (Å²) in [5.74, 6) is 2.39. The van der Waals surface area contributed by atoms with Gasteiger partial charge in [0.2, 0.25) is 0 Å². The van der Waals surface area contributed by atoms with E-state index in [0.717, 1.165) is 24.2 Å². The van der Waals surface area contributed by atoms with E-state index in [0.29, 0.717) is 6.61 Å². The summed E-state index contributed by atoms with van der Waals surface area (Å²) in [4.78, 5) is 0. The quantitative estimate of drug-likeness (QED) is 0.577. The van der Waals surface area contributed by atoms with Gasteiger partial charge in [-0.3, -0.25) is 0 Å². The van der Waals surface area contributed by atoms with Gasteiger partial charge in [0.15, 0.2) is 0 Å². The minimum absolute atomic E-state index is 0.365. The molecule has 0 aliphatic rings. The van der Waals surface area contributed by atoms with Gasteiger partial charge in [0.1, 0.15) is 0 Å². The van der Waals surface area contributed by atoms with E-state index in [4.69, 9.17) is 0 Å². The lowest BCUT2D eigenvalue weighted by atomic mass is 9.75. The molecule has 0 bridgehead atoms. The summed E-state index contributed by atoms with van der Waals surface area (Å²) in [6.07, 6.45) is 8.82. The molecular weight excluding hydrogens is 196 g/mol. The predicted molar refractivity (Wildman–Crippen MR) is 72.6 cm³/mol. The predicted octanol–water partition coefficient (Wildman–Crippen LogP) is 4.64. The van der Waals surface area contributed by atoms with Gasteiger partial charge < -0.3 is 5.11 Å². The fraction of sp³-hybridized carbons (Fsp3) is 1.00. The molecule has 1 N–H and O–H groups in total. The van der Waals surface area contributed by atoms with Crippen LogP contribution in [0.25, 0.3) is 0 Å². The molecule has 0 aliphatic carbocycles. The highest BCUT2D eigenvalue weighted by Crippen LogP contribution is 2.33. The van der Waals surface area contributed by atoms with Crippen molar-refractivity contribution in [3.63, 3.8) is 0 Å². The topological polar surface area (TPSA) is 20.2 Å².